The molecule has 0 atom stereocenters. The highest BCUT2D eigenvalue weighted by atomic mass is 35.5. The number of rotatable bonds is 7. The minimum Gasteiger partial charge on any atom is -0.474 e. The Bertz CT molecular complexity index is 1540. The third kappa shape index (κ3) is 5.94. The van der Waals surface area contributed by atoms with Gasteiger partial charge in [-0.1, -0.05) is 23.7 Å². The van der Waals surface area contributed by atoms with Crippen molar-refractivity contribution in [3.05, 3.63) is 82.3 Å². The first-order valence-corrected chi connectivity index (χ1v) is 14.1. The summed E-state index contributed by atoms with van der Waals surface area (Å²) in [4.78, 5) is 16.3. The van der Waals surface area contributed by atoms with E-state index in [2.05, 4.69) is 25.5 Å². The summed E-state index contributed by atoms with van der Waals surface area (Å²) < 4.78 is 28.4. The second kappa shape index (κ2) is 11.9. The predicted octanol–water partition coefficient (Wildman–Crippen LogP) is 5.48. The fourth-order valence-corrected chi connectivity index (χ4v) is 5.76. The van der Waals surface area contributed by atoms with E-state index in [0.717, 1.165) is 81.1 Å². The van der Waals surface area contributed by atoms with Gasteiger partial charge in [-0.3, -0.25) is 4.90 Å². The van der Waals surface area contributed by atoms with Crippen molar-refractivity contribution in [2.75, 3.05) is 26.3 Å². The van der Waals surface area contributed by atoms with E-state index >= 15 is 0 Å². The molecule has 0 N–H and O–H groups in total. The van der Waals surface area contributed by atoms with Crippen LogP contribution in [0.25, 0.3) is 11.0 Å². The number of hydrogen-bond acceptors (Lipinski definition) is 7. The number of pyridine rings is 2. The molecule has 0 amide bonds. The average Bonchev–Trinajstić information content (AvgIpc) is 3.33. The number of ether oxygens (including phenoxy) is 2. The van der Waals surface area contributed by atoms with Crippen LogP contribution in [0.15, 0.2) is 48.7 Å². The van der Waals surface area contributed by atoms with Crippen molar-refractivity contribution < 1.29 is 13.9 Å². The fraction of sp³-hybridized carbons (Fsp3) is 0.400. The van der Waals surface area contributed by atoms with Crippen molar-refractivity contribution >= 4 is 22.6 Å². The lowest BCUT2D eigenvalue weighted by atomic mass is 10.1. The highest BCUT2D eigenvalue weighted by Gasteiger charge is 2.26. The van der Waals surface area contributed by atoms with Crippen molar-refractivity contribution in [2.24, 2.45) is 0 Å². The number of nitrogens with zero attached hydrogens (tertiary/aromatic N) is 6. The highest BCUT2D eigenvalue weighted by molar-refractivity contribution is 6.30. The average molecular weight is 561 g/mol. The van der Waals surface area contributed by atoms with Crippen LogP contribution in [0, 0.1) is 17.1 Å². The van der Waals surface area contributed by atoms with Crippen molar-refractivity contribution in [3.8, 4) is 11.9 Å². The second-order valence-corrected chi connectivity index (χ2v) is 10.8. The number of likely N-dealkylation sites (tertiary alicyclic amines) is 1. The molecule has 1 aromatic carbocycles. The van der Waals surface area contributed by atoms with Gasteiger partial charge in [0.2, 0.25) is 5.88 Å². The lowest BCUT2D eigenvalue weighted by Crippen LogP contribution is -2.38. The van der Waals surface area contributed by atoms with E-state index in [0.29, 0.717) is 34.6 Å². The van der Waals surface area contributed by atoms with Gasteiger partial charge in [-0.2, -0.15) is 5.26 Å². The third-order valence-electron chi connectivity index (χ3n) is 7.67. The Kier molecular flexibility index (Phi) is 7.91. The molecule has 40 heavy (non-hydrogen) atoms. The van der Waals surface area contributed by atoms with Gasteiger partial charge >= 0.3 is 0 Å². The maximum absolute atomic E-state index is 14.3. The minimum atomic E-state index is -0.333. The third-order valence-corrected chi connectivity index (χ3v) is 7.91. The van der Waals surface area contributed by atoms with Crippen LogP contribution in [0.5, 0.6) is 5.88 Å². The van der Waals surface area contributed by atoms with Crippen LogP contribution in [0.4, 0.5) is 4.39 Å². The van der Waals surface area contributed by atoms with E-state index in [1.54, 1.807) is 24.4 Å². The Hall–Kier alpha value is -3.58. The summed E-state index contributed by atoms with van der Waals surface area (Å²) in [6.45, 7) is 3.94. The van der Waals surface area contributed by atoms with Gasteiger partial charge in [-0.15, -0.1) is 0 Å². The van der Waals surface area contributed by atoms with Crippen LogP contribution in [0.2, 0.25) is 5.02 Å². The van der Waals surface area contributed by atoms with Gasteiger partial charge in [-0.05, 0) is 49.4 Å². The number of benzene rings is 1. The molecule has 2 fully saturated rings. The molecule has 2 aliphatic heterocycles. The van der Waals surface area contributed by atoms with Crippen LogP contribution < -0.4 is 4.74 Å². The van der Waals surface area contributed by atoms with E-state index in [9.17, 15) is 9.65 Å². The first-order chi connectivity index (χ1) is 19.6. The number of hydrogen-bond donors (Lipinski definition) is 0. The molecule has 2 saturated heterocycles. The van der Waals surface area contributed by atoms with E-state index in [-0.39, 0.29) is 11.9 Å². The Morgan fingerprint density at radius 3 is 2.67 bits per heavy atom. The zero-order valence-electron chi connectivity index (χ0n) is 22.1. The second-order valence-electron chi connectivity index (χ2n) is 10.4. The molecule has 4 aromatic rings. The minimum absolute atomic E-state index is 0.0583. The van der Waals surface area contributed by atoms with E-state index < -0.39 is 0 Å². The molecule has 0 spiro atoms. The summed E-state index contributed by atoms with van der Waals surface area (Å²) in [6.07, 6.45) is 5.82. The standard InChI is InChI=1S/C30H30ClFN6O2/c31-21-5-4-20(26(32)15-21)14-22-2-1-3-30(35-22)40-25-6-10-37(11-7-25)19-29-36-27-16-23(17-33)34-18-28(27)38(29)24-8-12-39-13-9-24/h1-5,15-16,18,24-25H,6-14,19H2. The molecule has 5 heterocycles. The maximum Gasteiger partial charge on any atom is 0.213 e. The Labute approximate surface area is 237 Å². The van der Waals surface area contributed by atoms with Crippen molar-refractivity contribution in [3.63, 3.8) is 0 Å². The lowest BCUT2D eigenvalue weighted by Gasteiger charge is -2.32. The predicted molar refractivity (Wildman–Crippen MR) is 149 cm³/mol. The lowest BCUT2D eigenvalue weighted by molar-refractivity contribution is 0.0670. The van der Waals surface area contributed by atoms with Crippen LogP contribution in [-0.2, 0) is 17.7 Å². The molecule has 206 valence electrons. The van der Waals surface area contributed by atoms with Gasteiger partial charge in [0.25, 0.3) is 0 Å². The van der Waals surface area contributed by atoms with Gasteiger partial charge in [-0.25, -0.2) is 19.3 Å². The summed E-state index contributed by atoms with van der Waals surface area (Å²) in [5.41, 5.74) is 3.47. The normalized spacial score (nSPS) is 17.2. The zero-order chi connectivity index (χ0) is 27.5. The van der Waals surface area contributed by atoms with Crippen molar-refractivity contribution in [2.45, 2.75) is 50.8 Å². The van der Waals surface area contributed by atoms with Gasteiger partial charge in [0.15, 0.2) is 0 Å². The summed E-state index contributed by atoms with van der Waals surface area (Å²) >= 11 is 5.88. The number of piperidine rings is 1. The molecular weight excluding hydrogens is 531 g/mol. The highest BCUT2D eigenvalue weighted by Crippen LogP contribution is 2.29. The monoisotopic (exact) mass is 560 g/mol. The molecule has 0 radical (unpaired) electrons. The number of imidazole rings is 1. The largest absolute Gasteiger partial charge is 0.474 e. The van der Waals surface area contributed by atoms with Gasteiger partial charge < -0.3 is 14.0 Å². The molecule has 3 aromatic heterocycles. The summed E-state index contributed by atoms with van der Waals surface area (Å²) in [7, 11) is 0. The van der Waals surface area contributed by atoms with Crippen LogP contribution >= 0.6 is 11.6 Å². The SMILES string of the molecule is N#Cc1cc2nc(CN3CCC(Oc4cccc(Cc5ccc(Cl)cc5F)n4)CC3)n(C3CCOCC3)c2cn1. The molecule has 8 nitrogen and oxygen atoms in total. The quantitative estimate of drug-likeness (QED) is 0.296. The van der Waals surface area contributed by atoms with E-state index in [1.165, 1.54) is 6.07 Å². The molecule has 10 heteroatoms. The Balaban J connectivity index is 1.10. The Morgan fingerprint density at radius 2 is 1.90 bits per heavy atom. The number of aromatic nitrogens is 4. The summed E-state index contributed by atoms with van der Waals surface area (Å²) in [6, 6.07) is 14.5. The molecule has 0 unspecified atom stereocenters. The van der Waals surface area contributed by atoms with Crippen molar-refractivity contribution in [1.29, 1.82) is 5.26 Å². The molecule has 0 saturated carbocycles. The van der Waals surface area contributed by atoms with Crippen LogP contribution in [0.1, 0.15) is 54.5 Å². The van der Waals surface area contributed by atoms with Crippen LogP contribution in [0.3, 0.4) is 0 Å². The summed E-state index contributed by atoms with van der Waals surface area (Å²) in [5.74, 6) is 1.23. The first-order valence-electron chi connectivity index (χ1n) is 13.7. The number of fused-ring (bicyclic) bond motifs is 1. The van der Waals surface area contributed by atoms with Gasteiger partial charge in [0.05, 0.1) is 23.8 Å². The fourth-order valence-electron chi connectivity index (χ4n) is 5.61. The number of halogens is 2. The van der Waals surface area contributed by atoms with Crippen molar-refractivity contribution in [1.82, 2.24) is 24.4 Å². The van der Waals surface area contributed by atoms with E-state index in [1.807, 2.05) is 18.2 Å². The topological polar surface area (TPSA) is 89.1 Å². The molecule has 0 aliphatic carbocycles. The Morgan fingerprint density at radius 1 is 1.07 bits per heavy atom. The number of nitriles is 1. The van der Waals surface area contributed by atoms with Crippen LogP contribution in [-0.4, -0.2) is 56.8 Å². The smallest absolute Gasteiger partial charge is 0.213 e. The first kappa shape index (κ1) is 26.6. The van der Waals surface area contributed by atoms with Gasteiger partial charge in [0.1, 0.15) is 29.5 Å². The molecule has 0 bridgehead atoms. The zero-order valence-corrected chi connectivity index (χ0v) is 22.9. The molecular formula is C30H30ClFN6O2. The van der Waals surface area contributed by atoms with E-state index in [4.69, 9.17) is 26.1 Å². The van der Waals surface area contributed by atoms with Gasteiger partial charge in [0, 0.05) is 61.6 Å². The molecule has 2 aliphatic rings. The maximum atomic E-state index is 14.3. The summed E-state index contributed by atoms with van der Waals surface area (Å²) in [5, 5.41) is 9.69. The molecule has 6 rings (SSSR count).